The lowest BCUT2D eigenvalue weighted by atomic mass is 10.0. The quantitative estimate of drug-likeness (QED) is 0.684. The summed E-state index contributed by atoms with van der Waals surface area (Å²) in [5.41, 5.74) is 4.92. The van der Waals surface area contributed by atoms with Gasteiger partial charge in [-0.2, -0.15) is 5.10 Å². The predicted octanol–water partition coefficient (Wildman–Crippen LogP) is 4.44. The fourth-order valence-corrected chi connectivity index (χ4v) is 3.23. The molecule has 0 saturated carbocycles. The maximum atomic E-state index is 13.4. The number of hydrogen-bond donors (Lipinski definition) is 0. The molecule has 0 spiro atoms. The normalized spacial score (nSPS) is 12.0. The van der Waals surface area contributed by atoms with Crippen LogP contribution in [-0.4, -0.2) is 20.6 Å². The van der Waals surface area contributed by atoms with Gasteiger partial charge in [0.25, 0.3) is 5.91 Å². The van der Waals surface area contributed by atoms with Crippen LogP contribution in [0.5, 0.6) is 0 Å². The first-order valence-corrected chi connectivity index (χ1v) is 8.88. The summed E-state index contributed by atoms with van der Waals surface area (Å²) >= 11 is 0. The van der Waals surface area contributed by atoms with E-state index in [0.717, 1.165) is 16.8 Å². The van der Waals surface area contributed by atoms with E-state index in [1.165, 1.54) is 5.56 Å². The Hall–Kier alpha value is -2.88. The molecule has 0 fully saturated rings. The van der Waals surface area contributed by atoms with Gasteiger partial charge >= 0.3 is 0 Å². The third-order valence-corrected chi connectivity index (χ3v) is 4.83. The maximum absolute atomic E-state index is 13.4. The highest BCUT2D eigenvalue weighted by Gasteiger charge is 2.25. The third kappa shape index (κ3) is 3.69. The van der Waals surface area contributed by atoms with Crippen molar-refractivity contribution in [3.05, 3.63) is 88.7 Å². The third-order valence-electron chi connectivity index (χ3n) is 4.83. The number of nitrogens with zero attached hydrogens (tertiary/aromatic N) is 3. The highest BCUT2D eigenvalue weighted by Crippen LogP contribution is 2.25. The molecule has 1 amide bonds. The summed E-state index contributed by atoms with van der Waals surface area (Å²) in [6.45, 7) is 6.63. The number of amides is 1. The summed E-state index contributed by atoms with van der Waals surface area (Å²) in [4.78, 5) is 15.3. The van der Waals surface area contributed by atoms with Gasteiger partial charge in [-0.25, -0.2) is 0 Å². The fraction of sp³-hybridized carbons (Fsp3) is 0.273. The average molecular weight is 347 g/mol. The molecule has 1 atom stereocenters. The van der Waals surface area contributed by atoms with Crippen LogP contribution >= 0.6 is 0 Å². The summed E-state index contributed by atoms with van der Waals surface area (Å²) in [7, 11) is 1.82. The highest BCUT2D eigenvalue weighted by atomic mass is 16.2. The van der Waals surface area contributed by atoms with Gasteiger partial charge in [0.2, 0.25) is 0 Å². The van der Waals surface area contributed by atoms with E-state index in [9.17, 15) is 4.79 Å². The van der Waals surface area contributed by atoms with Crippen molar-refractivity contribution in [2.24, 2.45) is 7.05 Å². The predicted molar refractivity (Wildman–Crippen MR) is 104 cm³/mol. The van der Waals surface area contributed by atoms with Crippen molar-refractivity contribution in [3.63, 3.8) is 0 Å². The molecule has 4 heteroatoms. The first kappa shape index (κ1) is 17.9. The van der Waals surface area contributed by atoms with Gasteiger partial charge in [0, 0.05) is 13.6 Å². The zero-order chi connectivity index (χ0) is 18.7. The molecule has 3 rings (SSSR count). The van der Waals surface area contributed by atoms with E-state index >= 15 is 0 Å². The van der Waals surface area contributed by atoms with Crippen molar-refractivity contribution in [1.82, 2.24) is 14.7 Å². The number of benzene rings is 2. The molecule has 1 heterocycles. The SMILES string of the molecule is Cc1cc(C(=O)N(Cc2ccccc2C)[C@@H](C)c2ccccc2)n(C)n1. The van der Waals surface area contributed by atoms with Gasteiger partial charge in [-0.05, 0) is 43.5 Å². The van der Waals surface area contributed by atoms with Crippen molar-refractivity contribution in [1.29, 1.82) is 0 Å². The molecule has 134 valence electrons. The summed E-state index contributed by atoms with van der Waals surface area (Å²) in [5, 5.41) is 4.34. The Bertz CT molecular complexity index is 899. The second-order valence-electron chi connectivity index (χ2n) is 6.74. The standard InChI is InChI=1S/C22H25N3O/c1-16-10-8-9-13-20(16)15-25(18(3)19-11-6-5-7-12-19)22(26)21-14-17(2)23-24(21)4/h5-14,18H,15H2,1-4H3/t18-/m0/s1. The van der Waals surface area contributed by atoms with E-state index in [2.05, 4.69) is 43.2 Å². The minimum atomic E-state index is -0.0430. The topological polar surface area (TPSA) is 38.1 Å². The molecule has 3 aromatic rings. The van der Waals surface area contributed by atoms with Gasteiger partial charge in [-0.15, -0.1) is 0 Å². The Morgan fingerprint density at radius 2 is 1.73 bits per heavy atom. The van der Waals surface area contributed by atoms with E-state index in [-0.39, 0.29) is 11.9 Å². The lowest BCUT2D eigenvalue weighted by Gasteiger charge is -2.30. The van der Waals surface area contributed by atoms with Crippen molar-refractivity contribution in [2.45, 2.75) is 33.4 Å². The second kappa shape index (κ2) is 7.56. The molecule has 0 saturated heterocycles. The van der Waals surface area contributed by atoms with Crippen LogP contribution < -0.4 is 0 Å². The van der Waals surface area contributed by atoms with Crippen LogP contribution in [0.3, 0.4) is 0 Å². The molecule has 1 aromatic heterocycles. The molecular weight excluding hydrogens is 322 g/mol. The molecule has 0 aliphatic carbocycles. The Morgan fingerprint density at radius 1 is 1.08 bits per heavy atom. The van der Waals surface area contributed by atoms with Crippen LogP contribution in [0, 0.1) is 13.8 Å². The van der Waals surface area contributed by atoms with Crippen LogP contribution in [0.4, 0.5) is 0 Å². The molecule has 2 aromatic carbocycles. The number of rotatable bonds is 5. The van der Waals surface area contributed by atoms with Crippen molar-refractivity contribution in [2.75, 3.05) is 0 Å². The minimum absolute atomic E-state index is 0.00675. The van der Waals surface area contributed by atoms with E-state index < -0.39 is 0 Å². The van der Waals surface area contributed by atoms with Gasteiger partial charge in [0.05, 0.1) is 11.7 Å². The smallest absolute Gasteiger partial charge is 0.272 e. The summed E-state index contributed by atoms with van der Waals surface area (Å²) in [6.07, 6.45) is 0. The molecule has 0 radical (unpaired) electrons. The number of hydrogen-bond acceptors (Lipinski definition) is 2. The van der Waals surface area contributed by atoms with Crippen LogP contribution in [0.2, 0.25) is 0 Å². The Balaban J connectivity index is 1.99. The van der Waals surface area contributed by atoms with Gasteiger partial charge in [0.15, 0.2) is 0 Å². The number of aryl methyl sites for hydroxylation is 3. The molecule has 0 aliphatic rings. The van der Waals surface area contributed by atoms with Crippen LogP contribution in [0.15, 0.2) is 60.7 Å². The summed E-state index contributed by atoms with van der Waals surface area (Å²) in [6, 6.07) is 20.2. The van der Waals surface area contributed by atoms with Gasteiger partial charge in [-0.3, -0.25) is 9.48 Å². The lowest BCUT2D eigenvalue weighted by Crippen LogP contribution is -2.34. The van der Waals surface area contributed by atoms with E-state index in [1.54, 1.807) is 4.68 Å². The Morgan fingerprint density at radius 3 is 2.35 bits per heavy atom. The van der Waals surface area contributed by atoms with Gasteiger partial charge in [0.1, 0.15) is 5.69 Å². The van der Waals surface area contributed by atoms with Crippen LogP contribution in [0.25, 0.3) is 0 Å². The summed E-state index contributed by atoms with van der Waals surface area (Å²) in [5.74, 6) is -0.00675. The van der Waals surface area contributed by atoms with Gasteiger partial charge in [-0.1, -0.05) is 54.6 Å². The van der Waals surface area contributed by atoms with Gasteiger partial charge < -0.3 is 4.90 Å². The molecule has 26 heavy (non-hydrogen) atoms. The average Bonchev–Trinajstić information content (AvgIpc) is 2.99. The molecule has 0 aliphatic heterocycles. The number of carbonyl (C=O) groups is 1. The maximum Gasteiger partial charge on any atom is 0.272 e. The summed E-state index contributed by atoms with van der Waals surface area (Å²) < 4.78 is 1.67. The zero-order valence-electron chi connectivity index (χ0n) is 15.8. The lowest BCUT2D eigenvalue weighted by molar-refractivity contribution is 0.0662. The van der Waals surface area contributed by atoms with E-state index in [1.807, 2.05) is 55.3 Å². The molecule has 4 nitrogen and oxygen atoms in total. The second-order valence-corrected chi connectivity index (χ2v) is 6.74. The molecule has 0 bridgehead atoms. The van der Waals surface area contributed by atoms with Crippen LogP contribution in [0.1, 0.15) is 45.8 Å². The molecular formula is C22H25N3O. The monoisotopic (exact) mass is 347 g/mol. The van der Waals surface area contributed by atoms with E-state index in [0.29, 0.717) is 12.2 Å². The number of carbonyl (C=O) groups excluding carboxylic acids is 1. The number of aromatic nitrogens is 2. The first-order valence-electron chi connectivity index (χ1n) is 8.88. The van der Waals surface area contributed by atoms with Crippen LogP contribution in [-0.2, 0) is 13.6 Å². The Kier molecular flexibility index (Phi) is 5.21. The largest absolute Gasteiger partial charge is 0.326 e. The minimum Gasteiger partial charge on any atom is -0.326 e. The van der Waals surface area contributed by atoms with Crippen molar-refractivity contribution < 1.29 is 4.79 Å². The van der Waals surface area contributed by atoms with Crippen molar-refractivity contribution >= 4 is 5.91 Å². The zero-order valence-corrected chi connectivity index (χ0v) is 15.8. The Labute approximate surface area is 155 Å². The highest BCUT2D eigenvalue weighted by molar-refractivity contribution is 5.93. The fourth-order valence-electron chi connectivity index (χ4n) is 3.23. The molecule has 0 N–H and O–H groups in total. The van der Waals surface area contributed by atoms with Crippen molar-refractivity contribution in [3.8, 4) is 0 Å². The van der Waals surface area contributed by atoms with E-state index in [4.69, 9.17) is 0 Å². The molecule has 0 unspecified atom stereocenters. The first-order chi connectivity index (χ1) is 12.5.